The first kappa shape index (κ1) is 23.3. The van der Waals surface area contributed by atoms with Gasteiger partial charge in [-0.2, -0.15) is 0 Å². The molecule has 0 radical (unpaired) electrons. The van der Waals surface area contributed by atoms with E-state index in [0.717, 1.165) is 5.75 Å². The van der Waals surface area contributed by atoms with E-state index in [4.69, 9.17) is 20.8 Å². The molecule has 4 rings (SSSR count). The molecule has 0 fully saturated rings. The summed E-state index contributed by atoms with van der Waals surface area (Å²) in [5.41, 5.74) is 2.38. The van der Waals surface area contributed by atoms with Gasteiger partial charge in [0, 0.05) is 16.1 Å². The van der Waals surface area contributed by atoms with Crippen LogP contribution in [0.3, 0.4) is 0 Å². The second kappa shape index (κ2) is 10.4. The number of carbonyl (C=O) groups excluding carboxylic acids is 2. The van der Waals surface area contributed by atoms with Crippen LogP contribution in [0.1, 0.15) is 57.6 Å². The van der Waals surface area contributed by atoms with Crippen molar-refractivity contribution in [2.45, 2.75) is 26.4 Å². The quantitative estimate of drug-likeness (QED) is 0.276. The first-order valence-corrected chi connectivity index (χ1v) is 11.3. The Morgan fingerprint density at radius 3 is 2.38 bits per heavy atom. The molecule has 1 amide bonds. The second-order valence-corrected chi connectivity index (χ2v) is 8.55. The number of halogens is 1. The van der Waals surface area contributed by atoms with E-state index in [9.17, 15) is 9.59 Å². The fraction of sp³-hybridized carbons (Fsp3) is 0.143. The highest BCUT2D eigenvalue weighted by atomic mass is 35.5. The number of ketones is 1. The van der Waals surface area contributed by atoms with Crippen LogP contribution in [-0.4, -0.2) is 11.7 Å². The van der Waals surface area contributed by atoms with Gasteiger partial charge >= 0.3 is 0 Å². The number of hydrogen-bond acceptors (Lipinski definition) is 4. The van der Waals surface area contributed by atoms with Crippen molar-refractivity contribution in [1.29, 1.82) is 0 Å². The highest BCUT2D eigenvalue weighted by Gasteiger charge is 2.18. The maximum Gasteiger partial charge on any atom is 0.291 e. The topological polar surface area (TPSA) is 68.5 Å². The number of rotatable bonds is 8. The molecule has 0 aliphatic carbocycles. The predicted molar refractivity (Wildman–Crippen MR) is 133 cm³/mol. The van der Waals surface area contributed by atoms with E-state index >= 15 is 0 Å². The minimum atomic E-state index is -0.475. The Balaban J connectivity index is 1.44. The van der Waals surface area contributed by atoms with Gasteiger partial charge in [0.15, 0.2) is 11.5 Å². The molecule has 172 valence electrons. The molecule has 5 nitrogen and oxygen atoms in total. The normalized spacial score (nSPS) is 10.8. The molecule has 0 spiro atoms. The summed E-state index contributed by atoms with van der Waals surface area (Å²) in [6, 6.07) is 24.7. The lowest BCUT2D eigenvalue weighted by atomic mass is 10.0. The van der Waals surface area contributed by atoms with Crippen molar-refractivity contribution in [2.24, 2.45) is 0 Å². The number of carbonyl (C=O) groups is 2. The zero-order chi connectivity index (χ0) is 24.1. The first-order valence-electron chi connectivity index (χ1n) is 10.9. The lowest BCUT2D eigenvalue weighted by Gasteiger charge is -2.10. The van der Waals surface area contributed by atoms with E-state index in [-0.39, 0.29) is 18.2 Å². The molecule has 1 aromatic heterocycles. The Bertz CT molecular complexity index is 1290. The van der Waals surface area contributed by atoms with Crippen molar-refractivity contribution in [1.82, 2.24) is 0 Å². The second-order valence-electron chi connectivity index (χ2n) is 8.12. The third-order valence-electron chi connectivity index (χ3n) is 5.32. The molecule has 6 heteroatoms. The molecule has 0 aliphatic heterocycles. The van der Waals surface area contributed by atoms with Crippen molar-refractivity contribution in [3.8, 4) is 5.75 Å². The van der Waals surface area contributed by atoms with Crippen molar-refractivity contribution in [2.75, 3.05) is 5.32 Å². The number of ether oxygens (including phenoxy) is 1. The number of amides is 1. The van der Waals surface area contributed by atoms with Crippen LogP contribution in [-0.2, 0) is 6.61 Å². The van der Waals surface area contributed by atoms with E-state index in [0.29, 0.717) is 33.5 Å². The van der Waals surface area contributed by atoms with Gasteiger partial charge in [-0.15, -0.1) is 0 Å². The average Bonchev–Trinajstić information content (AvgIpc) is 3.33. The van der Waals surface area contributed by atoms with Gasteiger partial charge in [-0.25, -0.2) is 0 Å². The lowest BCUT2D eigenvalue weighted by molar-refractivity contribution is 0.0992. The molecule has 3 aromatic carbocycles. The molecule has 1 N–H and O–H groups in total. The number of anilines is 1. The van der Waals surface area contributed by atoms with E-state index in [2.05, 4.69) is 19.2 Å². The maximum atomic E-state index is 13.0. The highest BCUT2D eigenvalue weighted by molar-refractivity contribution is 6.31. The van der Waals surface area contributed by atoms with Crippen LogP contribution in [0, 0.1) is 0 Å². The van der Waals surface area contributed by atoms with Crippen molar-refractivity contribution in [3.63, 3.8) is 0 Å². The lowest BCUT2D eigenvalue weighted by Crippen LogP contribution is -2.14. The van der Waals surface area contributed by atoms with Gasteiger partial charge in [0.25, 0.3) is 5.91 Å². The number of benzene rings is 3. The fourth-order valence-corrected chi connectivity index (χ4v) is 3.60. The third kappa shape index (κ3) is 5.56. The molecule has 0 unspecified atom stereocenters. The van der Waals surface area contributed by atoms with E-state index in [1.807, 2.05) is 30.3 Å². The minimum absolute atomic E-state index is 0.113. The van der Waals surface area contributed by atoms with Gasteiger partial charge in [-0.1, -0.05) is 67.9 Å². The first-order chi connectivity index (χ1) is 16.4. The predicted octanol–water partition coefficient (Wildman–Crippen LogP) is 7.12. The molecule has 0 saturated heterocycles. The molecule has 0 bridgehead atoms. The summed E-state index contributed by atoms with van der Waals surface area (Å²) in [4.78, 5) is 25.8. The summed E-state index contributed by atoms with van der Waals surface area (Å²) < 4.78 is 11.4. The highest BCUT2D eigenvalue weighted by Crippen LogP contribution is 2.25. The molecule has 0 saturated carbocycles. The Morgan fingerprint density at radius 1 is 0.941 bits per heavy atom. The SMILES string of the molecule is CC(C)c1ccc(OCc2ccc(C(=O)Nc3ccc(Cl)cc3C(=O)c3ccccc3)o2)cc1. The zero-order valence-corrected chi connectivity index (χ0v) is 19.6. The molecule has 0 atom stereocenters. The van der Waals surface area contributed by atoms with Crippen molar-refractivity contribution >= 4 is 29.0 Å². The molecule has 34 heavy (non-hydrogen) atoms. The van der Waals surface area contributed by atoms with Gasteiger partial charge in [0.05, 0.1) is 5.69 Å². The number of nitrogens with one attached hydrogen (secondary N) is 1. The van der Waals surface area contributed by atoms with E-state index in [1.165, 1.54) is 5.56 Å². The molecular weight excluding hydrogens is 450 g/mol. The van der Waals surface area contributed by atoms with E-state index < -0.39 is 5.91 Å². The fourth-order valence-electron chi connectivity index (χ4n) is 3.42. The third-order valence-corrected chi connectivity index (χ3v) is 5.56. The zero-order valence-electron chi connectivity index (χ0n) is 18.9. The summed E-state index contributed by atoms with van der Waals surface area (Å²) in [7, 11) is 0. The van der Waals surface area contributed by atoms with Crippen LogP contribution in [0.25, 0.3) is 0 Å². The summed E-state index contributed by atoms with van der Waals surface area (Å²) in [6.07, 6.45) is 0. The number of hydrogen-bond donors (Lipinski definition) is 1. The van der Waals surface area contributed by atoms with Crippen LogP contribution in [0.2, 0.25) is 5.02 Å². The average molecular weight is 474 g/mol. The summed E-state index contributed by atoms with van der Waals surface area (Å²) in [6.45, 7) is 4.46. The Labute approximate surface area is 203 Å². The van der Waals surface area contributed by atoms with Crippen LogP contribution in [0.4, 0.5) is 5.69 Å². The van der Waals surface area contributed by atoms with Crippen LogP contribution in [0.5, 0.6) is 5.75 Å². The summed E-state index contributed by atoms with van der Waals surface area (Å²) >= 11 is 6.12. The van der Waals surface area contributed by atoms with Crippen molar-refractivity contribution in [3.05, 3.63) is 118 Å². The summed E-state index contributed by atoms with van der Waals surface area (Å²) in [5.74, 6) is 1.07. The maximum absolute atomic E-state index is 13.0. The van der Waals surface area contributed by atoms with Crippen molar-refractivity contribution < 1.29 is 18.7 Å². The molecular formula is C28H24ClNO4. The number of furan rings is 1. The smallest absolute Gasteiger partial charge is 0.291 e. The van der Waals surface area contributed by atoms with E-state index in [1.54, 1.807) is 54.6 Å². The Hall–Kier alpha value is -3.83. The van der Waals surface area contributed by atoms with Gasteiger partial charge in [0.2, 0.25) is 0 Å². The monoisotopic (exact) mass is 473 g/mol. The van der Waals surface area contributed by atoms with Crippen LogP contribution in [0.15, 0.2) is 89.3 Å². The largest absolute Gasteiger partial charge is 0.486 e. The van der Waals surface area contributed by atoms with Gasteiger partial charge in [-0.05, 0) is 53.9 Å². The summed E-state index contributed by atoms with van der Waals surface area (Å²) in [5, 5.41) is 3.15. The molecule has 0 aliphatic rings. The molecule has 1 heterocycles. The van der Waals surface area contributed by atoms with Gasteiger partial charge in [-0.3, -0.25) is 9.59 Å². The van der Waals surface area contributed by atoms with Gasteiger partial charge < -0.3 is 14.5 Å². The minimum Gasteiger partial charge on any atom is -0.486 e. The van der Waals surface area contributed by atoms with Gasteiger partial charge in [0.1, 0.15) is 18.1 Å². The van der Waals surface area contributed by atoms with Crippen LogP contribution >= 0.6 is 11.6 Å². The standard InChI is InChI=1S/C28H24ClNO4/c1-18(2)19-8-11-22(12-9-19)33-17-23-13-15-26(34-23)28(32)30-25-14-10-21(29)16-24(25)27(31)20-6-4-3-5-7-20/h3-16,18H,17H2,1-2H3,(H,30,32). The Kier molecular flexibility index (Phi) is 7.14. The molecule has 4 aromatic rings. The Morgan fingerprint density at radius 2 is 1.68 bits per heavy atom. The van der Waals surface area contributed by atoms with Crippen LogP contribution < -0.4 is 10.1 Å².